The molecule has 0 amide bonds. The molecular formula is C18H14FN3O2S2. The van der Waals surface area contributed by atoms with Crippen molar-refractivity contribution in [3.63, 3.8) is 0 Å². The zero-order valence-corrected chi connectivity index (χ0v) is 15.4. The van der Waals surface area contributed by atoms with Crippen LogP contribution < -0.4 is 5.56 Å². The fourth-order valence-corrected chi connectivity index (χ4v) is 4.27. The van der Waals surface area contributed by atoms with Gasteiger partial charge in [-0.2, -0.15) is 0 Å². The molecule has 8 heteroatoms. The van der Waals surface area contributed by atoms with Gasteiger partial charge in [0.1, 0.15) is 16.8 Å². The normalized spacial score (nSPS) is 11.3. The molecule has 4 rings (SSSR count). The third kappa shape index (κ3) is 3.17. The van der Waals surface area contributed by atoms with Crippen molar-refractivity contribution in [3.8, 4) is 11.5 Å². The van der Waals surface area contributed by atoms with Gasteiger partial charge in [0.15, 0.2) is 5.16 Å². The average Bonchev–Trinajstić information content (AvgIpc) is 3.30. The minimum atomic E-state index is -0.302. The molecule has 5 nitrogen and oxygen atoms in total. The lowest BCUT2D eigenvalue weighted by molar-refractivity contribution is 0.572. The van der Waals surface area contributed by atoms with Crippen LogP contribution in [0.25, 0.3) is 21.7 Å². The van der Waals surface area contributed by atoms with Crippen LogP contribution in [-0.2, 0) is 12.3 Å². The van der Waals surface area contributed by atoms with E-state index in [2.05, 4.69) is 9.97 Å². The molecule has 3 heterocycles. The number of benzene rings is 1. The number of hydrogen-bond donors (Lipinski definition) is 0. The van der Waals surface area contributed by atoms with Gasteiger partial charge in [-0.3, -0.25) is 9.36 Å². The van der Waals surface area contributed by atoms with E-state index in [9.17, 15) is 9.18 Å². The van der Waals surface area contributed by atoms with Crippen molar-refractivity contribution in [2.75, 3.05) is 0 Å². The minimum Gasteiger partial charge on any atom is -0.444 e. The Morgan fingerprint density at radius 1 is 1.23 bits per heavy atom. The maximum absolute atomic E-state index is 13.0. The van der Waals surface area contributed by atoms with E-state index in [0.717, 1.165) is 11.2 Å². The van der Waals surface area contributed by atoms with Gasteiger partial charge in [-0.15, -0.1) is 11.3 Å². The van der Waals surface area contributed by atoms with Crippen LogP contribution in [0.1, 0.15) is 12.6 Å². The van der Waals surface area contributed by atoms with Gasteiger partial charge in [0.2, 0.25) is 5.89 Å². The van der Waals surface area contributed by atoms with Crippen LogP contribution in [0.4, 0.5) is 4.39 Å². The number of oxazole rings is 1. The van der Waals surface area contributed by atoms with Crippen molar-refractivity contribution in [1.29, 1.82) is 0 Å². The highest BCUT2D eigenvalue weighted by molar-refractivity contribution is 7.98. The van der Waals surface area contributed by atoms with Crippen LogP contribution in [0.5, 0.6) is 0 Å². The number of nitrogens with zero attached hydrogens (tertiary/aromatic N) is 3. The van der Waals surface area contributed by atoms with E-state index in [1.807, 2.05) is 18.4 Å². The Hall–Kier alpha value is -2.45. The highest BCUT2D eigenvalue weighted by atomic mass is 32.2. The quantitative estimate of drug-likeness (QED) is 0.371. The first-order valence-corrected chi connectivity index (χ1v) is 9.83. The minimum absolute atomic E-state index is 0.0119. The van der Waals surface area contributed by atoms with Crippen LogP contribution in [0.15, 0.2) is 56.3 Å². The molecule has 1 aromatic carbocycles. The summed E-state index contributed by atoms with van der Waals surface area (Å²) < 4.78 is 20.9. The standard InChI is InChI=1S/C18H14FN3O2S2/c1-2-22-17(23)15-14(7-8-25-15)21-18(22)26-10-13-9-24-16(20-13)11-3-5-12(19)6-4-11/h3-9H,2,10H2,1H3. The molecule has 0 saturated heterocycles. The third-order valence-corrected chi connectivity index (χ3v) is 5.74. The molecule has 0 bridgehead atoms. The first kappa shape index (κ1) is 17.0. The maximum Gasteiger partial charge on any atom is 0.272 e. The highest BCUT2D eigenvalue weighted by Crippen LogP contribution is 2.25. The molecule has 26 heavy (non-hydrogen) atoms. The first-order valence-electron chi connectivity index (χ1n) is 7.97. The molecule has 0 unspecified atom stereocenters. The maximum atomic E-state index is 13.0. The van der Waals surface area contributed by atoms with Crippen molar-refractivity contribution in [3.05, 3.63) is 63.8 Å². The van der Waals surface area contributed by atoms with Crippen molar-refractivity contribution >= 4 is 33.3 Å². The Balaban J connectivity index is 1.57. The molecule has 0 N–H and O–H groups in total. The number of hydrogen-bond acceptors (Lipinski definition) is 6. The topological polar surface area (TPSA) is 60.9 Å². The van der Waals surface area contributed by atoms with E-state index >= 15 is 0 Å². The number of rotatable bonds is 5. The fraction of sp³-hybridized carbons (Fsp3) is 0.167. The molecule has 0 saturated carbocycles. The number of thioether (sulfide) groups is 1. The molecule has 0 aliphatic heterocycles. The van der Waals surface area contributed by atoms with E-state index in [1.165, 1.54) is 35.2 Å². The molecule has 4 aromatic rings. The molecule has 132 valence electrons. The van der Waals surface area contributed by atoms with Gasteiger partial charge in [-0.05, 0) is 42.6 Å². The Morgan fingerprint density at radius 3 is 2.81 bits per heavy atom. The molecule has 0 aliphatic carbocycles. The molecule has 3 aromatic heterocycles. The number of aromatic nitrogens is 3. The average molecular weight is 387 g/mol. The summed E-state index contributed by atoms with van der Waals surface area (Å²) in [6.45, 7) is 2.48. The van der Waals surface area contributed by atoms with E-state index < -0.39 is 0 Å². The summed E-state index contributed by atoms with van der Waals surface area (Å²) in [5, 5.41) is 2.54. The predicted octanol–water partition coefficient (Wildman–Crippen LogP) is 4.56. The van der Waals surface area contributed by atoms with Crippen LogP contribution >= 0.6 is 23.1 Å². The molecule has 0 atom stereocenters. The summed E-state index contributed by atoms with van der Waals surface area (Å²) in [4.78, 5) is 21.5. The van der Waals surface area contributed by atoms with Gasteiger partial charge in [-0.1, -0.05) is 11.8 Å². The van der Waals surface area contributed by atoms with Gasteiger partial charge in [-0.25, -0.2) is 14.4 Å². The lowest BCUT2D eigenvalue weighted by Gasteiger charge is -2.08. The highest BCUT2D eigenvalue weighted by Gasteiger charge is 2.13. The molecule has 0 aliphatic rings. The van der Waals surface area contributed by atoms with Crippen molar-refractivity contribution in [1.82, 2.24) is 14.5 Å². The Labute approximate surface area is 156 Å². The van der Waals surface area contributed by atoms with Crippen molar-refractivity contribution in [2.24, 2.45) is 0 Å². The molecular weight excluding hydrogens is 373 g/mol. The van der Waals surface area contributed by atoms with Crippen LogP contribution in [-0.4, -0.2) is 14.5 Å². The molecule has 0 fully saturated rings. The first-order chi connectivity index (χ1) is 12.7. The van der Waals surface area contributed by atoms with Crippen molar-refractivity contribution in [2.45, 2.75) is 24.4 Å². The summed E-state index contributed by atoms with van der Waals surface area (Å²) in [6, 6.07) is 7.84. The second-order valence-electron chi connectivity index (χ2n) is 5.52. The van der Waals surface area contributed by atoms with Gasteiger partial charge in [0.25, 0.3) is 5.56 Å². The fourth-order valence-electron chi connectivity index (χ4n) is 2.55. The third-order valence-electron chi connectivity index (χ3n) is 3.84. The number of fused-ring (bicyclic) bond motifs is 1. The van der Waals surface area contributed by atoms with Gasteiger partial charge in [0, 0.05) is 17.9 Å². The summed E-state index contributed by atoms with van der Waals surface area (Å²) in [7, 11) is 0. The van der Waals surface area contributed by atoms with E-state index in [4.69, 9.17) is 4.42 Å². The zero-order valence-electron chi connectivity index (χ0n) is 13.8. The monoisotopic (exact) mass is 387 g/mol. The summed E-state index contributed by atoms with van der Waals surface area (Å²) in [5.74, 6) is 0.658. The van der Waals surface area contributed by atoms with Crippen LogP contribution in [0.3, 0.4) is 0 Å². The SMILES string of the molecule is CCn1c(SCc2coc(-c3ccc(F)cc3)n2)nc2ccsc2c1=O. The zero-order chi connectivity index (χ0) is 18.1. The predicted molar refractivity (Wildman–Crippen MR) is 101 cm³/mol. The molecule has 0 spiro atoms. The Morgan fingerprint density at radius 2 is 2.04 bits per heavy atom. The lowest BCUT2D eigenvalue weighted by atomic mass is 10.2. The van der Waals surface area contributed by atoms with Gasteiger partial charge < -0.3 is 4.42 Å². The smallest absolute Gasteiger partial charge is 0.272 e. The lowest BCUT2D eigenvalue weighted by Crippen LogP contribution is -2.21. The summed E-state index contributed by atoms with van der Waals surface area (Å²) >= 11 is 2.85. The number of thiophene rings is 1. The second kappa shape index (κ2) is 7.05. The largest absolute Gasteiger partial charge is 0.444 e. The molecule has 0 radical (unpaired) electrons. The van der Waals surface area contributed by atoms with Crippen molar-refractivity contribution < 1.29 is 8.81 Å². The van der Waals surface area contributed by atoms with Crippen LogP contribution in [0, 0.1) is 5.82 Å². The second-order valence-corrected chi connectivity index (χ2v) is 7.38. The van der Waals surface area contributed by atoms with Gasteiger partial charge >= 0.3 is 0 Å². The van der Waals surface area contributed by atoms with Gasteiger partial charge in [0.05, 0.1) is 11.2 Å². The Bertz CT molecular complexity index is 1120. The van der Waals surface area contributed by atoms with E-state index in [1.54, 1.807) is 23.0 Å². The summed E-state index contributed by atoms with van der Waals surface area (Å²) in [5.41, 5.74) is 2.16. The van der Waals surface area contributed by atoms with E-state index in [-0.39, 0.29) is 11.4 Å². The van der Waals surface area contributed by atoms with E-state index in [0.29, 0.717) is 33.6 Å². The van der Waals surface area contributed by atoms with Crippen LogP contribution in [0.2, 0.25) is 0 Å². The number of halogens is 1. The summed E-state index contributed by atoms with van der Waals surface area (Å²) in [6.07, 6.45) is 1.57. The Kier molecular flexibility index (Phi) is 4.60.